The smallest absolute Gasteiger partial charge is 0.0226 e. The molecule has 12 aliphatic carbocycles. The van der Waals surface area contributed by atoms with Crippen molar-refractivity contribution in [2.45, 2.75) is 285 Å². The maximum atomic E-state index is 6.55. The number of nitrogens with two attached hydrogens (primary N) is 5. The average molecular weight is 969 g/mol. The Labute approximate surface area is 433 Å². The van der Waals surface area contributed by atoms with Crippen LogP contribution in [0.4, 0.5) is 0 Å². The van der Waals surface area contributed by atoms with Crippen LogP contribution in [0.3, 0.4) is 0 Å². The van der Waals surface area contributed by atoms with Gasteiger partial charge in [-0.3, -0.25) is 0 Å². The maximum Gasteiger partial charge on any atom is 0.0226 e. The Balaban J connectivity index is 0.000000123. The normalized spacial score (nSPS) is 55.8. The Bertz CT molecular complexity index is 1740. The molecule has 5 heteroatoms. The highest BCUT2D eigenvalue weighted by Gasteiger charge is 2.63. The first-order valence-corrected chi connectivity index (χ1v) is 31.9. The zero-order valence-electron chi connectivity index (χ0n) is 47.6. The standard InChI is InChI=1S/C27H49N.2C19H34N2/c1-18(2)7-6-8-19(3)23-11-12-24-22-10-9-20-17-21(28)13-15-26(20,4)25(22)14-16-27(23,24)5;1-18-9-3-4-13(18)12-5-6-15-17(21)16(20)8-11-19(15,2)14(12)7-10-18;1-18-8-3-4-14(18)13-6-5-12-10-16(20)17(21)11-19(12,2)15(13)7-9-18/h18-25H,6-17,28H2,1-5H3;2*12-17H,3-11,20-21H2,1-2H3/t19-,20+,21-,22+,23-,24+,25+,26+,27-;12-,13-,14-,15-,16?,17?,18-,19+;12-,13-,14-,15-,16?,17?,18-,19-/m100/s1. The molecule has 12 saturated carbocycles. The van der Waals surface area contributed by atoms with Gasteiger partial charge in [-0.05, 0) is 282 Å². The Morgan fingerprint density at radius 3 is 1.56 bits per heavy atom. The third kappa shape index (κ3) is 9.05. The Hall–Kier alpha value is -0.200. The van der Waals surface area contributed by atoms with Gasteiger partial charge in [0.1, 0.15) is 0 Å². The fourth-order valence-corrected chi connectivity index (χ4v) is 24.2. The number of hydrogen-bond acceptors (Lipinski definition) is 5. The van der Waals surface area contributed by atoms with Crippen LogP contribution in [-0.4, -0.2) is 30.2 Å². The third-order valence-electron chi connectivity index (χ3n) is 28.2. The highest BCUT2D eigenvalue weighted by atomic mass is 14.8. The van der Waals surface area contributed by atoms with Gasteiger partial charge < -0.3 is 28.7 Å². The maximum absolute atomic E-state index is 6.55. The Morgan fingerprint density at radius 2 is 0.914 bits per heavy atom. The Kier molecular flexibility index (Phi) is 15.2. The summed E-state index contributed by atoms with van der Waals surface area (Å²) in [6.07, 6.45) is 42.8. The summed E-state index contributed by atoms with van der Waals surface area (Å²) in [7, 11) is 0. The second kappa shape index (κ2) is 20.0. The van der Waals surface area contributed by atoms with Crippen LogP contribution in [0.1, 0.15) is 255 Å². The third-order valence-corrected chi connectivity index (χ3v) is 28.2. The monoisotopic (exact) mass is 968 g/mol. The fraction of sp³-hybridized carbons (Fsp3) is 1.00. The van der Waals surface area contributed by atoms with Gasteiger partial charge >= 0.3 is 0 Å². The molecule has 0 radical (unpaired) electrons. The van der Waals surface area contributed by atoms with Crippen LogP contribution in [-0.2, 0) is 0 Å². The predicted molar refractivity (Wildman–Crippen MR) is 296 cm³/mol. The Morgan fingerprint density at radius 1 is 0.400 bits per heavy atom. The topological polar surface area (TPSA) is 130 Å². The van der Waals surface area contributed by atoms with Gasteiger partial charge in [0.15, 0.2) is 0 Å². The summed E-state index contributed by atoms with van der Waals surface area (Å²) in [5, 5.41) is 0. The highest BCUT2D eigenvalue weighted by Crippen LogP contribution is 2.70. The SMILES string of the molecule is CC(C)CCC[C@@H](C)[C@H]1CC[C@H]2[C@@H]3CC[C@H]4C[C@H](N)CC[C@]4(C)[C@H]3CC[C@]12C.C[C@@]12CCC[C@H]1[C@@H]1CC[C@H]3C(N)C(N)CC[C@]3(C)[C@H]1CC2.C[C@@]12CCC[C@H]1[C@@H]1CC[C@H]3CC(N)C(N)C[C@]3(C)[C@H]1CC2. The predicted octanol–water partition coefficient (Wildman–Crippen LogP) is 14.8. The van der Waals surface area contributed by atoms with Crippen molar-refractivity contribution in [1.29, 1.82) is 0 Å². The van der Waals surface area contributed by atoms with Crippen LogP contribution in [0.25, 0.3) is 0 Å². The zero-order valence-corrected chi connectivity index (χ0v) is 47.6. The van der Waals surface area contributed by atoms with Gasteiger partial charge in [0.2, 0.25) is 0 Å². The summed E-state index contributed by atoms with van der Waals surface area (Å²) in [6.45, 7) is 23.1. The van der Waals surface area contributed by atoms with Crippen LogP contribution in [0.2, 0.25) is 0 Å². The first-order chi connectivity index (χ1) is 33.1. The molecule has 0 heterocycles. The van der Waals surface area contributed by atoms with E-state index >= 15 is 0 Å². The van der Waals surface area contributed by atoms with Crippen molar-refractivity contribution in [2.75, 3.05) is 0 Å². The van der Waals surface area contributed by atoms with E-state index in [0.717, 1.165) is 89.3 Å². The molecule has 12 aliphatic rings. The van der Waals surface area contributed by atoms with Crippen LogP contribution >= 0.6 is 0 Å². The van der Waals surface area contributed by atoms with E-state index in [1.807, 2.05) is 0 Å². The quantitative estimate of drug-likeness (QED) is 0.187. The molecule has 0 aromatic heterocycles. The molecule has 0 aromatic carbocycles. The van der Waals surface area contributed by atoms with Gasteiger partial charge in [-0.25, -0.2) is 0 Å². The lowest BCUT2D eigenvalue weighted by molar-refractivity contribution is -0.116. The number of rotatable bonds is 5. The van der Waals surface area contributed by atoms with E-state index < -0.39 is 0 Å². The lowest BCUT2D eigenvalue weighted by Gasteiger charge is -2.61. The van der Waals surface area contributed by atoms with Gasteiger partial charge in [0.05, 0.1) is 0 Å². The van der Waals surface area contributed by atoms with Gasteiger partial charge in [0.25, 0.3) is 0 Å². The minimum atomic E-state index is 0.238. The molecular weight excluding hydrogens is 851 g/mol. The van der Waals surface area contributed by atoms with E-state index in [9.17, 15) is 0 Å². The fourth-order valence-electron chi connectivity index (χ4n) is 24.2. The summed E-state index contributed by atoms with van der Waals surface area (Å²) in [6, 6.07) is 1.48. The summed E-state index contributed by atoms with van der Waals surface area (Å²) < 4.78 is 0. The van der Waals surface area contributed by atoms with Crippen molar-refractivity contribution < 1.29 is 0 Å². The van der Waals surface area contributed by atoms with Crippen molar-refractivity contribution in [1.82, 2.24) is 0 Å². The molecule has 0 bridgehead atoms. The molecule has 10 N–H and O–H groups in total. The first-order valence-electron chi connectivity index (χ1n) is 31.9. The van der Waals surface area contributed by atoms with Crippen molar-refractivity contribution >= 4 is 0 Å². The molecule has 12 fully saturated rings. The molecule has 402 valence electrons. The average Bonchev–Trinajstić information content (AvgIpc) is 4.03. The summed E-state index contributed by atoms with van der Waals surface area (Å²) >= 11 is 0. The van der Waals surface area contributed by atoms with E-state index in [4.69, 9.17) is 28.7 Å². The van der Waals surface area contributed by atoms with E-state index in [1.165, 1.54) is 186 Å². The second-order valence-corrected chi connectivity index (χ2v) is 31.7. The first kappa shape index (κ1) is 53.2. The van der Waals surface area contributed by atoms with Gasteiger partial charge in [-0.1, -0.05) is 94.4 Å². The second-order valence-electron chi connectivity index (χ2n) is 31.7. The molecular formula is C65H117N5. The number of hydrogen-bond donors (Lipinski definition) is 5. The molecule has 0 amide bonds. The van der Waals surface area contributed by atoms with Gasteiger partial charge in [0, 0.05) is 30.2 Å². The molecule has 0 aromatic rings. The van der Waals surface area contributed by atoms with Crippen LogP contribution < -0.4 is 28.7 Å². The highest BCUT2D eigenvalue weighted by molar-refractivity contribution is 5.13. The van der Waals surface area contributed by atoms with Crippen molar-refractivity contribution in [2.24, 2.45) is 150 Å². The van der Waals surface area contributed by atoms with Crippen molar-refractivity contribution in [3.05, 3.63) is 0 Å². The minimum absolute atomic E-state index is 0.238. The van der Waals surface area contributed by atoms with Crippen LogP contribution in [0, 0.1) is 121 Å². The lowest BCUT2D eigenvalue weighted by Crippen LogP contribution is -2.62. The molecule has 70 heavy (non-hydrogen) atoms. The van der Waals surface area contributed by atoms with Crippen molar-refractivity contribution in [3.8, 4) is 0 Å². The number of fused-ring (bicyclic) bond motifs is 15. The van der Waals surface area contributed by atoms with E-state index in [2.05, 4.69) is 62.3 Å². The van der Waals surface area contributed by atoms with Crippen molar-refractivity contribution in [3.63, 3.8) is 0 Å². The molecule has 4 unspecified atom stereocenters. The largest absolute Gasteiger partial charge is 0.328 e. The molecule has 0 aliphatic heterocycles. The molecule has 12 rings (SSSR count). The molecule has 0 saturated heterocycles. The molecule has 0 spiro atoms. The summed E-state index contributed by atoms with van der Waals surface area (Å²) in [5.74, 6) is 14.2. The zero-order chi connectivity index (χ0) is 49.8. The van der Waals surface area contributed by atoms with Crippen LogP contribution in [0.15, 0.2) is 0 Å². The van der Waals surface area contributed by atoms with Gasteiger partial charge in [-0.2, -0.15) is 0 Å². The van der Waals surface area contributed by atoms with E-state index in [1.54, 1.807) is 0 Å². The van der Waals surface area contributed by atoms with E-state index in [0.29, 0.717) is 44.4 Å². The van der Waals surface area contributed by atoms with Crippen LogP contribution in [0.5, 0.6) is 0 Å². The van der Waals surface area contributed by atoms with E-state index in [-0.39, 0.29) is 24.2 Å². The summed E-state index contributed by atoms with van der Waals surface area (Å²) in [5.41, 5.74) is 35.5. The van der Waals surface area contributed by atoms with Gasteiger partial charge in [-0.15, -0.1) is 0 Å². The summed E-state index contributed by atoms with van der Waals surface area (Å²) in [4.78, 5) is 0. The molecule has 5 nitrogen and oxygen atoms in total. The minimum Gasteiger partial charge on any atom is -0.328 e. The molecule has 25 atom stereocenters. The lowest BCUT2D eigenvalue weighted by atomic mass is 9.44.